The van der Waals surface area contributed by atoms with Gasteiger partial charge in [-0.05, 0) is 25.8 Å². The molecule has 1 aromatic carbocycles. The molecule has 0 spiro atoms. The van der Waals surface area contributed by atoms with Gasteiger partial charge >= 0.3 is 0 Å². The molecule has 2 N–H and O–H groups in total. The van der Waals surface area contributed by atoms with Gasteiger partial charge in [0.25, 0.3) is 0 Å². The summed E-state index contributed by atoms with van der Waals surface area (Å²) in [7, 11) is 0. The second kappa shape index (κ2) is 8.25. The first kappa shape index (κ1) is 15.2. The maximum Gasteiger partial charge on any atom is 0.0976 e. The number of rotatable bonds is 8. The maximum atomic E-state index is 6.14. The molecule has 0 aliphatic carbocycles. The highest BCUT2D eigenvalue weighted by molar-refractivity contribution is 5.24. The second-order valence-electron chi connectivity index (χ2n) is 4.47. The van der Waals surface area contributed by atoms with Crippen molar-refractivity contribution in [3.63, 3.8) is 0 Å². The third-order valence-electron chi connectivity index (χ3n) is 3.00. The minimum Gasteiger partial charge on any atom is -0.379 e. The SMILES string of the molecule is CCOCCOC(c1ccc(C)cc1)C(N)CC. The van der Waals surface area contributed by atoms with E-state index in [1.54, 1.807) is 0 Å². The van der Waals surface area contributed by atoms with Crippen molar-refractivity contribution in [1.29, 1.82) is 0 Å². The summed E-state index contributed by atoms with van der Waals surface area (Å²) in [5, 5.41) is 0. The molecule has 1 aromatic rings. The van der Waals surface area contributed by atoms with Gasteiger partial charge in [-0.1, -0.05) is 36.8 Å². The molecule has 0 aromatic heterocycles. The molecule has 0 saturated heterocycles. The topological polar surface area (TPSA) is 44.5 Å². The largest absolute Gasteiger partial charge is 0.379 e. The van der Waals surface area contributed by atoms with Crippen LogP contribution < -0.4 is 5.73 Å². The van der Waals surface area contributed by atoms with Crippen LogP contribution in [0.25, 0.3) is 0 Å². The number of ether oxygens (including phenoxy) is 2. The second-order valence-corrected chi connectivity index (χ2v) is 4.47. The van der Waals surface area contributed by atoms with Gasteiger partial charge in [0, 0.05) is 12.6 Å². The fraction of sp³-hybridized carbons (Fsp3) is 0.600. The van der Waals surface area contributed by atoms with E-state index in [-0.39, 0.29) is 12.1 Å². The highest BCUT2D eigenvalue weighted by Gasteiger charge is 2.18. The van der Waals surface area contributed by atoms with Crippen molar-refractivity contribution >= 4 is 0 Å². The Morgan fingerprint density at radius 2 is 1.78 bits per heavy atom. The van der Waals surface area contributed by atoms with Gasteiger partial charge in [0.05, 0.1) is 19.3 Å². The highest BCUT2D eigenvalue weighted by atomic mass is 16.5. The zero-order valence-corrected chi connectivity index (χ0v) is 11.7. The average Bonchev–Trinajstić information content (AvgIpc) is 2.39. The molecule has 0 radical (unpaired) electrons. The zero-order valence-electron chi connectivity index (χ0n) is 11.7. The minimum absolute atomic E-state index is 0.0225. The first-order valence-electron chi connectivity index (χ1n) is 6.70. The van der Waals surface area contributed by atoms with Crippen LogP contribution in [0.3, 0.4) is 0 Å². The Hall–Kier alpha value is -0.900. The summed E-state index contributed by atoms with van der Waals surface area (Å²) in [5.74, 6) is 0. The van der Waals surface area contributed by atoms with Crippen LogP contribution >= 0.6 is 0 Å². The molecular weight excluding hydrogens is 226 g/mol. The first-order valence-corrected chi connectivity index (χ1v) is 6.70. The number of hydrogen-bond acceptors (Lipinski definition) is 3. The van der Waals surface area contributed by atoms with Crippen LogP contribution in [-0.4, -0.2) is 25.9 Å². The quantitative estimate of drug-likeness (QED) is 0.723. The average molecular weight is 251 g/mol. The fourth-order valence-corrected chi connectivity index (χ4v) is 1.82. The number of aryl methyl sites for hydroxylation is 1. The predicted octanol–water partition coefficient (Wildman–Crippen LogP) is 2.83. The molecule has 0 aliphatic heterocycles. The van der Waals surface area contributed by atoms with Crippen LogP contribution in [-0.2, 0) is 9.47 Å². The van der Waals surface area contributed by atoms with Gasteiger partial charge in [-0.25, -0.2) is 0 Å². The molecule has 2 atom stereocenters. The van der Waals surface area contributed by atoms with Crippen LogP contribution in [0.2, 0.25) is 0 Å². The first-order chi connectivity index (χ1) is 8.69. The molecule has 0 bridgehead atoms. The Morgan fingerprint density at radius 1 is 1.11 bits per heavy atom. The number of benzene rings is 1. The normalized spacial score (nSPS) is 14.4. The van der Waals surface area contributed by atoms with E-state index in [0.29, 0.717) is 13.2 Å². The Balaban J connectivity index is 2.63. The predicted molar refractivity (Wildman–Crippen MR) is 74.6 cm³/mol. The smallest absolute Gasteiger partial charge is 0.0976 e. The van der Waals surface area contributed by atoms with Crippen molar-refractivity contribution in [2.75, 3.05) is 19.8 Å². The van der Waals surface area contributed by atoms with Crippen LogP contribution in [0.4, 0.5) is 0 Å². The monoisotopic (exact) mass is 251 g/mol. The molecule has 0 heterocycles. The van der Waals surface area contributed by atoms with Crippen molar-refractivity contribution in [1.82, 2.24) is 0 Å². The summed E-state index contributed by atoms with van der Waals surface area (Å²) in [6.45, 7) is 8.06. The van der Waals surface area contributed by atoms with Crippen LogP contribution in [0.1, 0.15) is 37.5 Å². The van der Waals surface area contributed by atoms with Gasteiger partial charge in [-0.3, -0.25) is 0 Å². The molecule has 0 aliphatic rings. The summed E-state index contributed by atoms with van der Waals surface area (Å²) >= 11 is 0. The molecule has 18 heavy (non-hydrogen) atoms. The van der Waals surface area contributed by atoms with E-state index in [2.05, 4.69) is 38.1 Å². The lowest BCUT2D eigenvalue weighted by atomic mass is 10.00. The van der Waals surface area contributed by atoms with E-state index in [1.807, 2.05) is 6.92 Å². The van der Waals surface area contributed by atoms with E-state index in [1.165, 1.54) is 5.56 Å². The molecule has 1 rings (SSSR count). The van der Waals surface area contributed by atoms with Crippen LogP contribution in [0, 0.1) is 6.92 Å². The van der Waals surface area contributed by atoms with Gasteiger partial charge in [-0.2, -0.15) is 0 Å². The molecule has 0 fully saturated rings. The summed E-state index contributed by atoms with van der Waals surface area (Å²) in [4.78, 5) is 0. The van der Waals surface area contributed by atoms with E-state index < -0.39 is 0 Å². The third kappa shape index (κ3) is 4.77. The standard InChI is InChI=1S/C15H25NO2/c1-4-14(16)15(18-11-10-17-5-2)13-8-6-12(3)7-9-13/h6-9,14-15H,4-5,10-11,16H2,1-3H3. The van der Waals surface area contributed by atoms with Gasteiger partial charge in [0.1, 0.15) is 0 Å². The molecule has 102 valence electrons. The Bertz CT molecular complexity index is 324. The molecule has 0 amide bonds. The molecular formula is C15H25NO2. The fourth-order valence-electron chi connectivity index (χ4n) is 1.82. The summed E-state index contributed by atoms with van der Waals surface area (Å²) < 4.78 is 11.2. The van der Waals surface area contributed by atoms with Crippen molar-refractivity contribution in [2.24, 2.45) is 5.73 Å². The summed E-state index contributed by atoms with van der Waals surface area (Å²) in [5.41, 5.74) is 8.53. The lowest BCUT2D eigenvalue weighted by Crippen LogP contribution is -2.30. The number of nitrogens with two attached hydrogens (primary N) is 1. The van der Waals surface area contributed by atoms with Gasteiger partial charge < -0.3 is 15.2 Å². The Kier molecular flexibility index (Phi) is 6.94. The zero-order chi connectivity index (χ0) is 13.4. The van der Waals surface area contributed by atoms with Gasteiger partial charge in [0.15, 0.2) is 0 Å². The Labute approximate surface area is 110 Å². The molecule has 2 unspecified atom stereocenters. The highest BCUT2D eigenvalue weighted by Crippen LogP contribution is 2.22. The minimum atomic E-state index is -0.0453. The van der Waals surface area contributed by atoms with Gasteiger partial charge in [-0.15, -0.1) is 0 Å². The van der Waals surface area contributed by atoms with Crippen molar-refractivity contribution in [2.45, 2.75) is 39.3 Å². The number of hydrogen-bond donors (Lipinski definition) is 1. The van der Waals surface area contributed by atoms with Crippen LogP contribution in [0.15, 0.2) is 24.3 Å². The van der Waals surface area contributed by atoms with Crippen molar-refractivity contribution in [3.8, 4) is 0 Å². The van der Waals surface area contributed by atoms with E-state index >= 15 is 0 Å². The van der Waals surface area contributed by atoms with E-state index in [9.17, 15) is 0 Å². The van der Waals surface area contributed by atoms with Crippen molar-refractivity contribution < 1.29 is 9.47 Å². The molecule has 0 saturated carbocycles. The molecule has 3 heteroatoms. The third-order valence-corrected chi connectivity index (χ3v) is 3.00. The van der Waals surface area contributed by atoms with Gasteiger partial charge in [0.2, 0.25) is 0 Å². The summed E-state index contributed by atoms with van der Waals surface area (Å²) in [6, 6.07) is 8.40. The Morgan fingerprint density at radius 3 is 2.33 bits per heavy atom. The van der Waals surface area contributed by atoms with E-state index in [4.69, 9.17) is 15.2 Å². The summed E-state index contributed by atoms with van der Waals surface area (Å²) in [6.07, 6.45) is 0.851. The van der Waals surface area contributed by atoms with Crippen LogP contribution in [0.5, 0.6) is 0 Å². The van der Waals surface area contributed by atoms with E-state index in [0.717, 1.165) is 18.6 Å². The lowest BCUT2D eigenvalue weighted by Gasteiger charge is -2.24. The maximum absolute atomic E-state index is 6.14. The van der Waals surface area contributed by atoms with Crippen molar-refractivity contribution in [3.05, 3.63) is 35.4 Å². The molecule has 3 nitrogen and oxygen atoms in total. The lowest BCUT2D eigenvalue weighted by molar-refractivity contribution is -0.00548.